The SMILES string of the molecule is CCc1ccccc1NC(=O)c1cc(Cl)c(NC(C)=O)cc1OC. The average Bonchev–Trinajstić information content (AvgIpc) is 2.56. The summed E-state index contributed by atoms with van der Waals surface area (Å²) >= 11 is 6.16. The number of rotatable bonds is 5. The first kappa shape index (κ1) is 17.8. The number of carbonyl (C=O) groups is 2. The van der Waals surface area contributed by atoms with Crippen molar-refractivity contribution >= 4 is 34.8 Å². The van der Waals surface area contributed by atoms with E-state index in [9.17, 15) is 9.59 Å². The van der Waals surface area contributed by atoms with Gasteiger partial charge in [-0.25, -0.2) is 0 Å². The van der Waals surface area contributed by atoms with E-state index in [1.165, 1.54) is 26.2 Å². The van der Waals surface area contributed by atoms with Crippen LogP contribution in [-0.2, 0) is 11.2 Å². The Hall–Kier alpha value is -2.53. The van der Waals surface area contributed by atoms with E-state index in [2.05, 4.69) is 10.6 Å². The molecule has 0 aliphatic heterocycles. The number of aryl methyl sites for hydroxylation is 1. The molecule has 0 bridgehead atoms. The van der Waals surface area contributed by atoms with Crippen molar-refractivity contribution < 1.29 is 14.3 Å². The molecule has 2 N–H and O–H groups in total. The normalized spacial score (nSPS) is 10.2. The molecule has 0 radical (unpaired) electrons. The number of nitrogens with one attached hydrogen (secondary N) is 2. The van der Waals surface area contributed by atoms with E-state index in [1.807, 2.05) is 31.2 Å². The molecule has 0 aliphatic rings. The van der Waals surface area contributed by atoms with Crippen molar-refractivity contribution in [2.45, 2.75) is 20.3 Å². The molecule has 0 aromatic heterocycles. The van der Waals surface area contributed by atoms with E-state index < -0.39 is 0 Å². The quantitative estimate of drug-likeness (QED) is 0.855. The number of methoxy groups -OCH3 is 1. The second-order valence-corrected chi connectivity index (χ2v) is 5.59. The summed E-state index contributed by atoms with van der Waals surface area (Å²) < 4.78 is 5.27. The maximum absolute atomic E-state index is 12.6. The number of hydrogen-bond donors (Lipinski definition) is 2. The highest BCUT2D eigenvalue weighted by Crippen LogP contribution is 2.31. The van der Waals surface area contributed by atoms with Crippen LogP contribution in [-0.4, -0.2) is 18.9 Å². The molecule has 0 spiro atoms. The van der Waals surface area contributed by atoms with Crippen LogP contribution in [0, 0.1) is 0 Å². The summed E-state index contributed by atoms with van der Waals surface area (Å²) in [6, 6.07) is 10.6. The topological polar surface area (TPSA) is 67.4 Å². The van der Waals surface area contributed by atoms with E-state index >= 15 is 0 Å². The predicted molar refractivity (Wildman–Crippen MR) is 96.1 cm³/mol. The predicted octanol–water partition coefficient (Wildman–Crippen LogP) is 4.12. The molecule has 6 heteroatoms. The summed E-state index contributed by atoms with van der Waals surface area (Å²) in [4.78, 5) is 23.8. The fraction of sp³-hybridized carbons (Fsp3) is 0.222. The average molecular weight is 347 g/mol. The Bertz CT molecular complexity index is 775. The molecule has 2 aromatic carbocycles. The zero-order valence-electron chi connectivity index (χ0n) is 13.8. The highest BCUT2D eigenvalue weighted by atomic mass is 35.5. The molecule has 0 saturated carbocycles. The fourth-order valence-electron chi connectivity index (χ4n) is 2.33. The molecule has 24 heavy (non-hydrogen) atoms. The molecule has 0 aliphatic carbocycles. The van der Waals surface area contributed by atoms with Gasteiger partial charge >= 0.3 is 0 Å². The van der Waals surface area contributed by atoms with Crippen molar-refractivity contribution in [2.24, 2.45) is 0 Å². The summed E-state index contributed by atoms with van der Waals surface area (Å²) in [5, 5.41) is 5.74. The van der Waals surface area contributed by atoms with Gasteiger partial charge in [-0.05, 0) is 24.1 Å². The Morgan fingerprint density at radius 2 is 1.83 bits per heavy atom. The van der Waals surface area contributed by atoms with E-state index in [0.29, 0.717) is 17.0 Å². The van der Waals surface area contributed by atoms with E-state index in [1.54, 1.807) is 0 Å². The number of ether oxygens (including phenoxy) is 1. The number of hydrogen-bond acceptors (Lipinski definition) is 3. The van der Waals surface area contributed by atoms with Crippen molar-refractivity contribution in [1.29, 1.82) is 0 Å². The van der Waals surface area contributed by atoms with Crippen molar-refractivity contribution in [2.75, 3.05) is 17.7 Å². The van der Waals surface area contributed by atoms with Crippen molar-refractivity contribution in [3.63, 3.8) is 0 Å². The number of benzene rings is 2. The third-order valence-electron chi connectivity index (χ3n) is 3.49. The summed E-state index contributed by atoms with van der Waals surface area (Å²) in [6.45, 7) is 3.40. The zero-order valence-corrected chi connectivity index (χ0v) is 14.5. The molecule has 2 rings (SSSR count). The lowest BCUT2D eigenvalue weighted by atomic mass is 10.1. The van der Waals surface area contributed by atoms with Gasteiger partial charge in [-0.3, -0.25) is 9.59 Å². The highest BCUT2D eigenvalue weighted by molar-refractivity contribution is 6.34. The monoisotopic (exact) mass is 346 g/mol. The second kappa shape index (κ2) is 7.84. The standard InChI is InChI=1S/C18H19ClN2O3/c1-4-12-7-5-6-8-15(12)21-18(23)13-9-14(19)16(20-11(2)22)10-17(13)24-3/h5-10H,4H2,1-3H3,(H,20,22)(H,21,23). The highest BCUT2D eigenvalue weighted by Gasteiger charge is 2.17. The Balaban J connectivity index is 2.35. The summed E-state index contributed by atoms with van der Waals surface area (Å²) in [6.07, 6.45) is 0.801. The largest absolute Gasteiger partial charge is 0.496 e. The Labute approximate surface area is 146 Å². The smallest absolute Gasteiger partial charge is 0.259 e. The van der Waals surface area contributed by atoms with Crippen LogP contribution >= 0.6 is 11.6 Å². The molecule has 126 valence electrons. The molecule has 0 heterocycles. The van der Waals surface area contributed by atoms with Gasteiger partial charge in [0.05, 0.1) is 23.4 Å². The summed E-state index contributed by atoms with van der Waals surface area (Å²) in [7, 11) is 1.46. The molecule has 2 aromatic rings. The van der Waals surface area contributed by atoms with Gasteiger partial charge < -0.3 is 15.4 Å². The maximum Gasteiger partial charge on any atom is 0.259 e. The Kier molecular flexibility index (Phi) is 5.82. The summed E-state index contributed by atoms with van der Waals surface area (Å²) in [5.74, 6) is -0.258. The van der Waals surface area contributed by atoms with Gasteiger partial charge in [0.1, 0.15) is 5.75 Å². The molecular formula is C18H19ClN2O3. The maximum atomic E-state index is 12.6. The third kappa shape index (κ3) is 4.06. The Morgan fingerprint density at radius 3 is 2.46 bits per heavy atom. The van der Waals surface area contributed by atoms with Crippen molar-refractivity contribution in [3.8, 4) is 5.75 Å². The van der Waals surface area contributed by atoms with Crippen LogP contribution in [0.3, 0.4) is 0 Å². The number of carbonyl (C=O) groups excluding carboxylic acids is 2. The molecule has 0 saturated heterocycles. The minimum Gasteiger partial charge on any atom is -0.496 e. The first-order chi connectivity index (χ1) is 11.5. The van der Waals surface area contributed by atoms with Crippen LogP contribution in [0.25, 0.3) is 0 Å². The van der Waals surface area contributed by atoms with Crippen LogP contribution in [0.15, 0.2) is 36.4 Å². The zero-order chi connectivity index (χ0) is 17.7. The van der Waals surface area contributed by atoms with Crippen LogP contribution in [0.5, 0.6) is 5.75 Å². The molecule has 2 amide bonds. The Morgan fingerprint density at radius 1 is 1.12 bits per heavy atom. The lowest BCUT2D eigenvalue weighted by molar-refractivity contribution is -0.114. The lowest BCUT2D eigenvalue weighted by Gasteiger charge is -2.14. The molecular weight excluding hydrogens is 328 g/mol. The van der Waals surface area contributed by atoms with Gasteiger partial charge in [-0.15, -0.1) is 0 Å². The second-order valence-electron chi connectivity index (χ2n) is 5.18. The van der Waals surface area contributed by atoms with Crippen LogP contribution < -0.4 is 15.4 Å². The van der Waals surface area contributed by atoms with Crippen LogP contribution in [0.2, 0.25) is 5.02 Å². The van der Waals surface area contributed by atoms with Gasteiger partial charge in [0.25, 0.3) is 5.91 Å². The number of para-hydroxylation sites is 1. The minimum absolute atomic E-state index is 0.256. The van der Waals surface area contributed by atoms with Gasteiger partial charge in [-0.2, -0.15) is 0 Å². The van der Waals surface area contributed by atoms with E-state index in [0.717, 1.165) is 17.7 Å². The lowest BCUT2D eigenvalue weighted by Crippen LogP contribution is -2.15. The van der Waals surface area contributed by atoms with Crippen LogP contribution in [0.4, 0.5) is 11.4 Å². The first-order valence-corrected chi connectivity index (χ1v) is 7.88. The van der Waals surface area contributed by atoms with Gasteiger partial charge in [0.2, 0.25) is 5.91 Å². The fourth-order valence-corrected chi connectivity index (χ4v) is 2.54. The van der Waals surface area contributed by atoms with E-state index in [-0.39, 0.29) is 16.8 Å². The molecule has 0 unspecified atom stereocenters. The molecule has 0 atom stereocenters. The van der Waals surface area contributed by atoms with Gasteiger partial charge in [0.15, 0.2) is 0 Å². The summed E-state index contributed by atoms with van der Waals surface area (Å²) in [5.41, 5.74) is 2.47. The van der Waals surface area contributed by atoms with Crippen molar-refractivity contribution in [1.82, 2.24) is 0 Å². The number of amides is 2. The third-order valence-corrected chi connectivity index (χ3v) is 3.80. The molecule has 5 nitrogen and oxygen atoms in total. The first-order valence-electron chi connectivity index (χ1n) is 7.50. The van der Waals surface area contributed by atoms with E-state index in [4.69, 9.17) is 16.3 Å². The minimum atomic E-state index is -0.330. The van der Waals surface area contributed by atoms with Gasteiger partial charge in [0, 0.05) is 18.7 Å². The van der Waals surface area contributed by atoms with Crippen molar-refractivity contribution in [3.05, 3.63) is 52.5 Å². The number of anilines is 2. The number of halogens is 1. The van der Waals surface area contributed by atoms with Gasteiger partial charge in [-0.1, -0.05) is 36.7 Å². The molecule has 0 fully saturated rings. The van der Waals surface area contributed by atoms with Crippen LogP contribution in [0.1, 0.15) is 29.8 Å².